The normalized spacial score (nSPS) is 22.7. The van der Waals surface area contributed by atoms with Crippen molar-refractivity contribution < 1.29 is 23.7 Å². The Morgan fingerprint density at radius 3 is 1.30 bits per heavy atom. The molecule has 5 rings (SSSR count). The standard InChI is InChI=1S/C34H35ClO5/c35-34-33(39-24-29-19-11-4-12-20-29)32(38-23-28-17-9-3-10-18-28)31(37-22-27-15-7-2-8-16-27)30(40-34)25-36-21-26-13-5-1-6-14-26/h1-20,30-34H,21-25H2/t30-,31-,32+,33-,34+/m0/s1. The first-order valence-corrected chi connectivity index (χ1v) is 14.1. The van der Waals surface area contributed by atoms with Crippen LogP contribution >= 0.6 is 11.6 Å². The minimum absolute atomic E-state index is 0.300. The molecule has 1 saturated heterocycles. The van der Waals surface area contributed by atoms with Crippen LogP contribution in [0, 0.1) is 0 Å². The van der Waals surface area contributed by atoms with Crippen LogP contribution in [0.3, 0.4) is 0 Å². The average molecular weight is 559 g/mol. The number of hydrogen-bond acceptors (Lipinski definition) is 5. The Bertz CT molecular complexity index is 1240. The molecule has 1 aliphatic heterocycles. The molecule has 1 heterocycles. The van der Waals surface area contributed by atoms with E-state index in [9.17, 15) is 0 Å². The van der Waals surface area contributed by atoms with Crippen LogP contribution in [-0.2, 0) is 50.1 Å². The minimum atomic E-state index is -0.744. The molecule has 4 aromatic carbocycles. The first-order chi connectivity index (χ1) is 19.8. The molecule has 1 aliphatic rings. The summed E-state index contributed by atoms with van der Waals surface area (Å²) >= 11 is 6.86. The van der Waals surface area contributed by atoms with Crippen LogP contribution in [0.25, 0.3) is 0 Å². The van der Waals surface area contributed by atoms with Crippen LogP contribution in [0.2, 0.25) is 0 Å². The summed E-state index contributed by atoms with van der Waals surface area (Å²) < 4.78 is 31.9. The predicted octanol–water partition coefficient (Wildman–Crippen LogP) is 6.92. The average Bonchev–Trinajstić information content (AvgIpc) is 3.01. The minimum Gasteiger partial charge on any atom is -0.374 e. The molecule has 0 N–H and O–H groups in total. The van der Waals surface area contributed by atoms with Gasteiger partial charge in [-0.1, -0.05) is 133 Å². The summed E-state index contributed by atoms with van der Waals surface area (Å²) in [5.74, 6) is 0. The maximum Gasteiger partial charge on any atom is 0.160 e. The van der Waals surface area contributed by atoms with Crippen LogP contribution in [0.5, 0.6) is 0 Å². The van der Waals surface area contributed by atoms with Crippen LogP contribution in [0.15, 0.2) is 121 Å². The Hall–Kier alpha value is -3.03. The highest BCUT2D eigenvalue weighted by Crippen LogP contribution is 2.32. The lowest BCUT2D eigenvalue weighted by molar-refractivity contribution is -0.256. The van der Waals surface area contributed by atoms with E-state index >= 15 is 0 Å². The van der Waals surface area contributed by atoms with Gasteiger partial charge in [0, 0.05) is 0 Å². The Labute approximate surface area is 241 Å². The molecule has 0 amide bonds. The second-order valence-corrected chi connectivity index (χ2v) is 10.2. The third-order valence-electron chi connectivity index (χ3n) is 6.83. The molecule has 40 heavy (non-hydrogen) atoms. The van der Waals surface area contributed by atoms with Crippen molar-refractivity contribution >= 4 is 11.6 Å². The van der Waals surface area contributed by atoms with E-state index in [1.807, 2.05) is 121 Å². The SMILES string of the molecule is Cl[C@@H]1O[C@@H](COCc2ccccc2)[C@H](OCc2ccccc2)[C@@H](OCc2ccccc2)[C@@H]1OCc1ccccc1. The molecule has 0 bridgehead atoms. The molecule has 0 radical (unpaired) electrons. The fourth-order valence-corrected chi connectivity index (χ4v) is 5.08. The van der Waals surface area contributed by atoms with Crippen molar-refractivity contribution in [3.63, 3.8) is 0 Å². The zero-order valence-electron chi connectivity index (χ0n) is 22.4. The van der Waals surface area contributed by atoms with Gasteiger partial charge in [0.15, 0.2) is 5.56 Å². The van der Waals surface area contributed by atoms with Gasteiger partial charge in [0.05, 0.1) is 33.0 Å². The molecule has 0 saturated carbocycles. The van der Waals surface area contributed by atoms with Crippen LogP contribution in [-0.4, -0.2) is 36.6 Å². The second-order valence-electron chi connectivity index (χ2n) is 9.81. The van der Waals surface area contributed by atoms with Crippen molar-refractivity contribution in [1.82, 2.24) is 0 Å². The number of rotatable bonds is 13. The van der Waals surface area contributed by atoms with Crippen molar-refractivity contribution in [3.8, 4) is 0 Å². The van der Waals surface area contributed by atoms with Gasteiger partial charge in [-0.2, -0.15) is 0 Å². The Morgan fingerprint density at radius 1 is 0.475 bits per heavy atom. The Morgan fingerprint density at radius 2 is 0.850 bits per heavy atom. The summed E-state index contributed by atoms with van der Waals surface area (Å²) in [5, 5.41) is 0. The highest BCUT2D eigenvalue weighted by molar-refractivity contribution is 6.20. The van der Waals surface area contributed by atoms with Crippen LogP contribution < -0.4 is 0 Å². The molecule has 0 aromatic heterocycles. The van der Waals surface area contributed by atoms with Gasteiger partial charge in [0.1, 0.15) is 24.4 Å². The van der Waals surface area contributed by atoms with Crippen LogP contribution in [0.1, 0.15) is 22.3 Å². The quantitative estimate of drug-likeness (QED) is 0.167. The first kappa shape index (κ1) is 28.5. The van der Waals surface area contributed by atoms with Crippen molar-refractivity contribution in [2.24, 2.45) is 0 Å². The third-order valence-corrected chi connectivity index (χ3v) is 7.18. The van der Waals surface area contributed by atoms with Gasteiger partial charge in [0.25, 0.3) is 0 Å². The van der Waals surface area contributed by atoms with Crippen molar-refractivity contribution in [2.45, 2.75) is 56.4 Å². The van der Waals surface area contributed by atoms with Gasteiger partial charge in [-0.05, 0) is 22.3 Å². The number of ether oxygens (including phenoxy) is 5. The zero-order valence-corrected chi connectivity index (χ0v) is 23.1. The van der Waals surface area contributed by atoms with Crippen LogP contribution in [0.4, 0.5) is 0 Å². The summed E-state index contributed by atoms with van der Waals surface area (Å²) in [6, 6.07) is 40.2. The molecule has 208 valence electrons. The van der Waals surface area contributed by atoms with Crippen molar-refractivity contribution in [2.75, 3.05) is 6.61 Å². The summed E-state index contributed by atoms with van der Waals surface area (Å²) in [6.45, 7) is 1.93. The van der Waals surface area contributed by atoms with Gasteiger partial charge in [-0.3, -0.25) is 0 Å². The monoisotopic (exact) mass is 558 g/mol. The van der Waals surface area contributed by atoms with Gasteiger partial charge < -0.3 is 23.7 Å². The van der Waals surface area contributed by atoms with E-state index in [0.717, 1.165) is 22.3 Å². The number of halogens is 1. The molecule has 5 nitrogen and oxygen atoms in total. The fourth-order valence-electron chi connectivity index (χ4n) is 4.73. The lowest BCUT2D eigenvalue weighted by atomic mass is 9.99. The number of alkyl halides is 1. The first-order valence-electron chi connectivity index (χ1n) is 13.6. The molecule has 0 unspecified atom stereocenters. The summed E-state index contributed by atoms with van der Waals surface area (Å²) in [7, 11) is 0. The molecular weight excluding hydrogens is 524 g/mol. The van der Waals surface area contributed by atoms with E-state index in [-0.39, 0.29) is 0 Å². The lowest BCUT2D eigenvalue weighted by Crippen LogP contribution is -2.59. The summed E-state index contributed by atoms with van der Waals surface area (Å²) in [6.07, 6.45) is -1.98. The van der Waals surface area contributed by atoms with E-state index in [1.54, 1.807) is 0 Å². The number of benzene rings is 4. The van der Waals surface area contributed by atoms with Gasteiger partial charge in [-0.15, -0.1) is 0 Å². The van der Waals surface area contributed by atoms with E-state index in [0.29, 0.717) is 33.0 Å². The topological polar surface area (TPSA) is 46.2 Å². The Balaban J connectivity index is 1.36. The maximum absolute atomic E-state index is 6.86. The molecule has 1 fully saturated rings. The third kappa shape index (κ3) is 8.24. The second kappa shape index (κ2) is 15.1. The smallest absolute Gasteiger partial charge is 0.160 e. The molecule has 0 aliphatic carbocycles. The maximum atomic E-state index is 6.86. The highest BCUT2D eigenvalue weighted by atomic mass is 35.5. The zero-order chi connectivity index (χ0) is 27.4. The lowest BCUT2D eigenvalue weighted by Gasteiger charge is -2.44. The molecular formula is C34H35ClO5. The van der Waals surface area contributed by atoms with Gasteiger partial charge in [-0.25, -0.2) is 0 Å². The number of hydrogen-bond donors (Lipinski definition) is 0. The van der Waals surface area contributed by atoms with Crippen molar-refractivity contribution in [1.29, 1.82) is 0 Å². The summed E-state index contributed by atoms with van der Waals surface area (Å²) in [4.78, 5) is 0. The Kier molecular flexibility index (Phi) is 10.8. The molecule has 5 atom stereocenters. The van der Waals surface area contributed by atoms with E-state index < -0.39 is 30.0 Å². The predicted molar refractivity (Wildman–Crippen MR) is 156 cm³/mol. The van der Waals surface area contributed by atoms with E-state index in [1.165, 1.54) is 0 Å². The van der Waals surface area contributed by atoms with Gasteiger partial charge >= 0.3 is 0 Å². The van der Waals surface area contributed by atoms with Crippen molar-refractivity contribution in [3.05, 3.63) is 144 Å². The largest absolute Gasteiger partial charge is 0.374 e. The van der Waals surface area contributed by atoms with Gasteiger partial charge in [0.2, 0.25) is 0 Å². The summed E-state index contributed by atoms with van der Waals surface area (Å²) in [5.41, 5.74) is 3.50. The fraction of sp³-hybridized carbons (Fsp3) is 0.294. The molecule has 0 spiro atoms. The molecule has 4 aromatic rings. The van der Waals surface area contributed by atoms with E-state index in [2.05, 4.69) is 0 Å². The molecule has 6 heteroatoms. The highest BCUT2D eigenvalue weighted by Gasteiger charge is 2.47. The van der Waals surface area contributed by atoms with E-state index in [4.69, 9.17) is 35.3 Å².